The van der Waals surface area contributed by atoms with Crippen LogP contribution in [0.3, 0.4) is 0 Å². The van der Waals surface area contributed by atoms with Gasteiger partial charge in [0, 0.05) is 12.0 Å². The van der Waals surface area contributed by atoms with Crippen molar-refractivity contribution in [3.63, 3.8) is 0 Å². The second kappa shape index (κ2) is 3.66. The summed E-state index contributed by atoms with van der Waals surface area (Å²) in [6.45, 7) is 0. The monoisotopic (exact) mass is 242 g/mol. The van der Waals surface area contributed by atoms with Crippen LogP contribution in [0.4, 0.5) is 0 Å². The first-order valence-electron chi connectivity index (χ1n) is 4.55. The largest absolute Gasteiger partial charge is 0.457 e. The van der Waals surface area contributed by atoms with Crippen LogP contribution in [0.5, 0.6) is 0 Å². The second-order valence-corrected chi connectivity index (χ2v) is 4.27. The predicted octanol–water partition coefficient (Wildman–Crippen LogP) is 3.42. The molecule has 3 heteroatoms. The lowest BCUT2D eigenvalue weighted by Crippen LogP contribution is -2.09. The molecule has 0 saturated heterocycles. The van der Waals surface area contributed by atoms with Gasteiger partial charge in [-0.25, -0.2) is 0 Å². The van der Waals surface area contributed by atoms with Crippen molar-refractivity contribution in [2.75, 3.05) is 0 Å². The number of hydrogen-bond donors (Lipinski definition) is 0. The van der Waals surface area contributed by atoms with Crippen molar-refractivity contribution in [2.45, 2.75) is 25.7 Å². The first-order valence-corrected chi connectivity index (χ1v) is 5.35. The summed E-state index contributed by atoms with van der Waals surface area (Å²) in [5.41, 5.74) is 0.707. The predicted molar refractivity (Wildman–Crippen MR) is 52.7 cm³/mol. The first-order chi connectivity index (χ1) is 6.27. The summed E-state index contributed by atoms with van der Waals surface area (Å²) in [6, 6.07) is 1.75. The fraction of sp³-hybridized carbons (Fsp3) is 0.500. The normalized spacial score (nSPS) is 17.9. The highest BCUT2D eigenvalue weighted by molar-refractivity contribution is 9.10. The van der Waals surface area contributed by atoms with Gasteiger partial charge in [-0.05, 0) is 28.8 Å². The molecule has 0 N–H and O–H groups in total. The number of carbonyl (C=O) groups is 1. The molecule has 0 bridgehead atoms. The molecule has 0 radical (unpaired) electrons. The summed E-state index contributed by atoms with van der Waals surface area (Å²) in [5.74, 6) is 0.483. The molecule has 0 atom stereocenters. The average molecular weight is 243 g/mol. The number of hydrogen-bond acceptors (Lipinski definition) is 2. The van der Waals surface area contributed by atoms with Crippen LogP contribution in [0, 0.1) is 5.92 Å². The van der Waals surface area contributed by atoms with Crippen LogP contribution in [0.25, 0.3) is 0 Å². The zero-order valence-electron chi connectivity index (χ0n) is 7.25. The van der Waals surface area contributed by atoms with Crippen molar-refractivity contribution in [2.24, 2.45) is 5.92 Å². The minimum atomic E-state index is 0.240. The van der Waals surface area contributed by atoms with Gasteiger partial charge in [0.25, 0.3) is 0 Å². The van der Waals surface area contributed by atoms with Crippen LogP contribution in [0.2, 0.25) is 0 Å². The Morgan fingerprint density at radius 3 is 2.69 bits per heavy atom. The Morgan fingerprint density at radius 2 is 2.15 bits per heavy atom. The lowest BCUT2D eigenvalue weighted by atomic mass is 9.98. The third kappa shape index (κ3) is 1.85. The van der Waals surface area contributed by atoms with Crippen LogP contribution >= 0.6 is 15.9 Å². The van der Waals surface area contributed by atoms with Gasteiger partial charge in [-0.2, -0.15) is 0 Å². The summed E-state index contributed by atoms with van der Waals surface area (Å²) < 4.78 is 5.67. The first kappa shape index (κ1) is 9.00. The summed E-state index contributed by atoms with van der Waals surface area (Å²) in [4.78, 5) is 11.8. The standard InChI is InChI=1S/C10H11BrO2/c11-9-5-8(6-13-9)10(12)7-3-1-2-4-7/h5-7H,1-4H2. The number of ketones is 1. The third-order valence-corrected chi connectivity index (χ3v) is 2.99. The van der Waals surface area contributed by atoms with E-state index in [0.717, 1.165) is 12.8 Å². The maximum atomic E-state index is 11.8. The van der Waals surface area contributed by atoms with Crippen LogP contribution in [0.1, 0.15) is 36.0 Å². The average Bonchev–Trinajstić information content (AvgIpc) is 2.72. The van der Waals surface area contributed by atoms with Crippen molar-refractivity contribution < 1.29 is 9.21 Å². The zero-order chi connectivity index (χ0) is 9.26. The molecule has 1 saturated carbocycles. The van der Waals surface area contributed by atoms with E-state index in [0.29, 0.717) is 10.2 Å². The van der Waals surface area contributed by atoms with Gasteiger partial charge in [-0.15, -0.1) is 0 Å². The molecule has 1 aliphatic rings. The number of Topliss-reactive ketones (excluding diaryl/α,β-unsaturated/α-hetero) is 1. The fourth-order valence-electron chi connectivity index (χ4n) is 1.86. The van der Waals surface area contributed by atoms with Crippen LogP contribution in [0.15, 0.2) is 21.4 Å². The zero-order valence-corrected chi connectivity index (χ0v) is 8.84. The number of carbonyl (C=O) groups excluding carboxylic acids is 1. The van der Waals surface area contributed by atoms with Gasteiger partial charge in [0.15, 0.2) is 10.5 Å². The molecular formula is C10H11BrO2. The highest BCUT2D eigenvalue weighted by Crippen LogP contribution is 2.29. The fourth-order valence-corrected chi connectivity index (χ4v) is 2.20. The van der Waals surface area contributed by atoms with E-state index in [9.17, 15) is 4.79 Å². The minimum absolute atomic E-state index is 0.240. The molecule has 0 aromatic carbocycles. The van der Waals surface area contributed by atoms with E-state index in [-0.39, 0.29) is 11.7 Å². The van der Waals surface area contributed by atoms with Gasteiger partial charge in [0.2, 0.25) is 0 Å². The number of furan rings is 1. The van der Waals surface area contributed by atoms with E-state index in [1.807, 2.05) is 0 Å². The molecule has 0 unspecified atom stereocenters. The highest BCUT2D eigenvalue weighted by Gasteiger charge is 2.24. The van der Waals surface area contributed by atoms with E-state index in [1.165, 1.54) is 19.1 Å². The van der Waals surface area contributed by atoms with Gasteiger partial charge in [-0.1, -0.05) is 12.8 Å². The van der Waals surface area contributed by atoms with E-state index < -0.39 is 0 Å². The van der Waals surface area contributed by atoms with Gasteiger partial charge >= 0.3 is 0 Å². The molecule has 1 heterocycles. The van der Waals surface area contributed by atoms with E-state index in [2.05, 4.69) is 15.9 Å². The SMILES string of the molecule is O=C(c1coc(Br)c1)C1CCCC1. The van der Waals surface area contributed by atoms with Crippen molar-refractivity contribution in [3.05, 3.63) is 22.6 Å². The number of rotatable bonds is 2. The summed E-state index contributed by atoms with van der Waals surface area (Å²) in [7, 11) is 0. The molecular weight excluding hydrogens is 232 g/mol. The van der Waals surface area contributed by atoms with Crippen molar-refractivity contribution >= 4 is 21.7 Å². The quantitative estimate of drug-likeness (QED) is 0.745. The minimum Gasteiger partial charge on any atom is -0.457 e. The Labute approximate surface area is 85.4 Å². The molecule has 1 aliphatic carbocycles. The van der Waals surface area contributed by atoms with Crippen LogP contribution < -0.4 is 0 Å². The molecule has 0 spiro atoms. The topological polar surface area (TPSA) is 30.2 Å². The maximum Gasteiger partial charge on any atom is 0.169 e. The molecule has 2 nitrogen and oxygen atoms in total. The van der Waals surface area contributed by atoms with Gasteiger partial charge in [0.1, 0.15) is 6.26 Å². The maximum absolute atomic E-state index is 11.8. The molecule has 2 rings (SSSR count). The number of halogens is 1. The molecule has 1 fully saturated rings. The van der Waals surface area contributed by atoms with Crippen molar-refractivity contribution in [1.82, 2.24) is 0 Å². The third-order valence-electron chi connectivity index (χ3n) is 2.58. The highest BCUT2D eigenvalue weighted by atomic mass is 79.9. The Bertz CT molecular complexity index is 310. The molecule has 0 amide bonds. The summed E-state index contributed by atoms with van der Waals surface area (Å²) in [6.07, 6.45) is 6.00. The lowest BCUT2D eigenvalue weighted by molar-refractivity contribution is 0.0922. The molecule has 1 aromatic heterocycles. The van der Waals surface area contributed by atoms with Crippen LogP contribution in [-0.2, 0) is 0 Å². The Kier molecular flexibility index (Phi) is 2.54. The molecule has 70 valence electrons. The van der Waals surface area contributed by atoms with E-state index in [4.69, 9.17) is 4.42 Å². The Balaban J connectivity index is 2.12. The second-order valence-electron chi connectivity index (χ2n) is 3.49. The van der Waals surface area contributed by atoms with Gasteiger partial charge in [-0.3, -0.25) is 4.79 Å². The Morgan fingerprint density at radius 1 is 1.46 bits per heavy atom. The smallest absolute Gasteiger partial charge is 0.169 e. The van der Waals surface area contributed by atoms with Gasteiger partial charge in [0.05, 0.1) is 5.56 Å². The van der Waals surface area contributed by atoms with Crippen molar-refractivity contribution in [3.8, 4) is 0 Å². The molecule has 1 aromatic rings. The molecule has 13 heavy (non-hydrogen) atoms. The van der Waals surface area contributed by atoms with E-state index in [1.54, 1.807) is 6.07 Å². The summed E-state index contributed by atoms with van der Waals surface area (Å²) >= 11 is 3.19. The molecule has 0 aliphatic heterocycles. The lowest BCUT2D eigenvalue weighted by Gasteiger charge is -2.03. The van der Waals surface area contributed by atoms with Crippen molar-refractivity contribution in [1.29, 1.82) is 0 Å². The van der Waals surface area contributed by atoms with E-state index >= 15 is 0 Å². The summed E-state index contributed by atoms with van der Waals surface area (Å²) in [5, 5.41) is 0. The van der Waals surface area contributed by atoms with Gasteiger partial charge < -0.3 is 4.42 Å². The Hall–Kier alpha value is -0.570. The van der Waals surface area contributed by atoms with Crippen LogP contribution in [-0.4, -0.2) is 5.78 Å².